The molecule has 0 radical (unpaired) electrons. The van der Waals surface area contributed by atoms with Crippen LogP contribution in [-0.4, -0.2) is 16.5 Å². The highest BCUT2D eigenvalue weighted by molar-refractivity contribution is 6.30. The van der Waals surface area contributed by atoms with E-state index in [1.54, 1.807) is 0 Å². The average molecular weight is 290 g/mol. The Morgan fingerprint density at radius 2 is 2.05 bits per heavy atom. The van der Waals surface area contributed by atoms with Gasteiger partial charge in [0.2, 0.25) is 5.95 Å². The number of benzene rings is 1. The van der Waals surface area contributed by atoms with E-state index in [9.17, 15) is 4.79 Å². The van der Waals surface area contributed by atoms with Gasteiger partial charge in [0.15, 0.2) is 0 Å². The summed E-state index contributed by atoms with van der Waals surface area (Å²) in [6, 6.07) is 8.78. The molecule has 1 fully saturated rings. The van der Waals surface area contributed by atoms with Gasteiger partial charge in [-0.1, -0.05) is 35.9 Å². The number of halogens is 1. The third kappa shape index (κ3) is 3.20. The summed E-state index contributed by atoms with van der Waals surface area (Å²) in [5, 5.41) is 3.19. The summed E-state index contributed by atoms with van der Waals surface area (Å²) in [6.45, 7) is 0.716. The highest BCUT2D eigenvalue weighted by Crippen LogP contribution is 2.39. The van der Waals surface area contributed by atoms with Crippen LogP contribution in [0.15, 0.2) is 35.3 Å². The van der Waals surface area contributed by atoms with E-state index in [2.05, 4.69) is 39.6 Å². The minimum absolute atomic E-state index is 0.103. The van der Waals surface area contributed by atoms with Crippen molar-refractivity contribution in [1.29, 1.82) is 0 Å². The smallest absolute Gasteiger partial charge is 0.271 e. The largest absolute Gasteiger partial charge is 0.355 e. The Balaban J connectivity index is 1.53. The Labute approximate surface area is 122 Å². The summed E-state index contributed by atoms with van der Waals surface area (Å²) in [5.74, 6) is 1.25. The molecule has 1 aliphatic carbocycles. The molecule has 0 aliphatic heterocycles. The van der Waals surface area contributed by atoms with Gasteiger partial charge in [-0.25, -0.2) is 4.98 Å². The number of aromatic nitrogens is 2. The Morgan fingerprint density at radius 3 is 2.70 bits per heavy atom. The van der Waals surface area contributed by atoms with Crippen molar-refractivity contribution in [1.82, 2.24) is 9.97 Å². The first-order valence-electron chi connectivity index (χ1n) is 6.80. The molecular weight excluding hydrogens is 274 g/mol. The molecule has 2 aromatic rings. The molecule has 0 saturated heterocycles. The van der Waals surface area contributed by atoms with E-state index in [0.29, 0.717) is 12.5 Å². The van der Waals surface area contributed by atoms with Crippen molar-refractivity contribution >= 4 is 17.5 Å². The minimum atomic E-state index is -0.321. The number of hydrogen-bond donors (Lipinski definition) is 2. The molecule has 20 heavy (non-hydrogen) atoms. The zero-order valence-corrected chi connectivity index (χ0v) is 11.8. The fourth-order valence-electron chi connectivity index (χ4n) is 2.17. The van der Waals surface area contributed by atoms with Crippen molar-refractivity contribution in [2.75, 3.05) is 11.9 Å². The van der Waals surface area contributed by atoms with Crippen LogP contribution in [0.3, 0.4) is 0 Å². The highest BCUT2D eigenvalue weighted by atomic mass is 35.5. The van der Waals surface area contributed by atoms with Gasteiger partial charge in [-0.2, -0.15) is 0 Å². The van der Waals surface area contributed by atoms with Crippen LogP contribution in [0, 0.1) is 0 Å². The van der Waals surface area contributed by atoms with Gasteiger partial charge in [0.05, 0.1) is 6.20 Å². The van der Waals surface area contributed by atoms with Gasteiger partial charge >= 0.3 is 0 Å². The van der Waals surface area contributed by atoms with Crippen LogP contribution in [0.2, 0.25) is 5.02 Å². The standard InChI is InChI=1S/C15H16ClN3O/c16-13-9-18-15(19-14(13)20)17-8-7-10-1-3-11(4-2-10)12-5-6-12/h1-4,9,12H,5-8H2,(H2,17,18,19,20). The first-order chi connectivity index (χ1) is 9.72. The lowest BCUT2D eigenvalue weighted by molar-refractivity contribution is 0.973. The van der Waals surface area contributed by atoms with Gasteiger partial charge in [-0.15, -0.1) is 0 Å². The molecule has 1 saturated carbocycles. The summed E-state index contributed by atoms with van der Waals surface area (Å²) >= 11 is 5.62. The summed E-state index contributed by atoms with van der Waals surface area (Å²) in [4.78, 5) is 17.9. The second-order valence-electron chi connectivity index (χ2n) is 5.10. The summed E-state index contributed by atoms with van der Waals surface area (Å²) in [5.41, 5.74) is 2.40. The van der Waals surface area contributed by atoms with Gasteiger partial charge in [0, 0.05) is 6.54 Å². The number of hydrogen-bond acceptors (Lipinski definition) is 3. The lowest BCUT2D eigenvalue weighted by Crippen LogP contribution is -2.14. The van der Waals surface area contributed by atoms with E-state index in [1.807, 2.05) is 0 Å². The molecule has 5 heteroatoms. The Kier molecular flexibility index (Phi) is 3.74. The van der Waals surface area contributed by atoms with Crippen molar-refractivity contribution in [3.63, 3.8) is 0 Å². The van der Waals surface area contributed by atoms with Crippen molar-refractivity contribution in [3.05, 3.63) is 57.0 Å². The predicted molar refractivity (Wildman–Crippen MR) is 80.5 cm³/mol. The SMILES string of the molecule is O=c1[nH]c(NCCc2ccc(C3CC3)cc2)ncc1Cl. The van der Waals surface area contributed by atoms with Gasteiger partial charge in [-0.05, 0) is 36.3 Å². The minimum Gasteiger partial charge on any atom is -0.355 e. The fraction of sp³-hybridized carbons (Fsp3) is 0.333. The third-order valence-corrected chi connectivity index (χ3v) is 3.76. The van der Waals surface area contributed by atoms with Crippen molar-refractivity contribution in [2.24, 2.45) is 0 Å². The van der Waals surface area contributed by atoms with Crippen molar-refractivity contribution in [2.45, 2.75) is 25.2 Å². The number of aromatic amines is 1. The van der Waals surface area contributed by atoms with Crippen LogP contribution in [0.4, 0.5) is 5.95 Å². The summed E-state index contributed by atoms with van der Waals surface area (Å²) in [6.07, 6.45) is 4.90. The molecule has 1 aromatic heterocycles. The van der Waals surface area contributed by atoms with Gasteiger partial charge in [0.25, 0.3) is 5.56 Å². The third-order valence-electron chi connectivity index (χ3n) is 3.49. The van der Waals surface area contributed by atoms with Crippen LogP contribution >= 0.6 is 11.6 Å². The molecule has 0 bridgehead atoms. The number of nitrogens with one attached hydrogen (secondary N) is 2. The Bertz CT molecular complexity index is 647. The molecule has 0 atom stereocenters. The Morgan fingerprint density at radius 1 is 1.30 bits per heavy atom. The van der Waals surface area contributed by atoms with Gasteiger partial charge < -0.3 is 5.32 Å². The molecule has 0 unspecified atom stereocenters. The van der Waals surface area contributed by atoms with E-state index in [0.717, 1.165) is 12.3 Å². The first kappa shape index (κ1) is 13.2. The maximum atomic E-state index is 11.3. The molecule has 2 N–H and O–H groups in total. The van der Waals surface area contributed by atoms with Crippen molar-refractivity contribution in [3.8, 4) is 0 Å². The number of anilines is 1. The topological polar surface area (TPSA) is 57.8 Å². The van der Waals surface area contributed by atoms with Crippen LogP contribution in [0.25, 0.3) is 0 Å². The predicted octanol–water partition coefficient (Wildman–Crippen LogP) is 2.96. The van der Waals surface area contributed by atoms with E-state index in [1.165, 1.54) is 30.2 Å². The molecular formula is C15H16ClN3O. The second kappa shape index (κ2) is 5.67. The molecule has 1 aliphatic rings. The van der Waals surface area contributed by atoms with E-state index in [4.69, 9.17) is 11.6 Å². The number of H-pyrrole nitrogens is 1. The molecule has 0 amide bonds. The lowest BCUT2D eigenvalue weighted by Gasteiger charge is -2.06. The molecule has 104 valence electrons. The monoisotopic (exact) mass is 289 g/mol. The van der Waals surface area contributed by atoms with Crippen LogP contribution in [-0.2, 0) is 6.42 Å². The first-order valence-corrected chi connectivity index (χ1v) is 7.18. The van der Waals surface area contributed by atoms with Crippen LogP contribution < -0.4 is 10.9 Å². The van der Waals surface area contributed by atoms with Gasteiger partial charge in [-0.3, -0.25) is 9.78 Å². The molecule has 4 nitrogen and oxygen atoms in total. The van der Waals surface area contributed by atoms with Crippen LogP contribution in [0.5, 0.6) is 0 Å². The van der Waals surface area contributed by atoms with Gasteiger partial charge in [0.1, 0.15) is 5.02 Å². The molecule has 1 heterocycles. The maximum Gasteiger partial charge on any atom is 0.271 e. The lowest BCUT2D eigenvalue weighted by atomic mass is 10.1. The maximum absolute atomic E-state index is 11.3. The zero-order chi connectivity index (χ0) is 13.9. The van der Waals surface area contributed by atoms with E-state index in [-0.39, 0.29) is 10.6 Å². The van der Waals surface area contributed by atoms with Crippen molar-refractivity contribution < 1.29 is 0 Å². The Hall–Kier alpha value is -1.81. The molecule has 1 aromatic carbocycles. The quantitative estimate of drug-likeness (QED) is 0.890. The highest BCUT2D eigenvalue weighted by Gasteiger charge is 2.22. The summed E-state index contributed by atoms with van der Waals surface area (Å²) < 4.78 is 0. The van der Waals surface area contributed by atoms with Crippen LogP contribution in [0.1, 0.15) is 29.9 Å². The van der Waals surface area contributed by atoms with E-state index >= 15 is 0 Å². The number of nitrogens with zero attached hydrogens (tertiary/aromatic N) is 1. The van der Waals surface area contributed by atoms with E-state index < -0.39 is 0 Å². The molecule has 0 spiro atoms. The average Bonchev–Trinajstić information content (AvgIpc) is 3.28. The second-order valence-corrected chi connectivity index (χ2v) is 5.51. The summed E-state index contributed by atoms with van der Waals surface area (Å²) in [7, 11) is 0. The zero-order valence-electron chi connectivity index (χ0n) is 11.0. The number of rotatable bonds is 5. The normalized spacial score (nSPS) is 14.2. The molecule has 3 rings (SSSR count). The fourth-order valence-corrected chi connectivity index (χ4v) is 2.26.